The molecular weight excluding hydrogens is 324 g/mol. The third-order valence-corrected chi connectivity index (χ3v) is 5.25. The van der Waals surface area contributed by atoms with Crippen LogP contribution >= 0.6 is 0 Å². The van der Waals surface area contributed by atoms with E-state index >= 15 is 0 Å². The third-order valence-electron chi connectivity index (χ3n) is 5.25. The van der Waals surface area contributed by atoms with Crippen molar-refractivity contribution in [3.63, 3.8) is 0 Å². The van der Waals surface area contributed by atoms with Crippen LogP contribution in [0.3, 0.4) is 0 Å². The molecule has 2 unspecified atom stereocenters. The summed E-state index contributed by atoms with van der Waals surface area (Å²) >= 11 is 0. The molecule has 1 saturated heterocycles. The predicted molar refractivity (Wildman–Crippen MR) is 108 cm³/mol. The number of guanidine groups is 1. The quantitative estimate of drug-likeness (QED) is 0.573. The number of rotatable bonds is 7. The summed E-state index contributed by atoms with van der Waals surface area (Å²) in [6.07, 6.45) is 5.33. The average molecular weight is 354 g/mol. The van der Waals surface area contributed by atoms with Crippen LogP contribution in [-0.2, 0) is 0 Å². The predicted octanol–water partition coefficient (Wildman–Crippen LogP) is 4.36. The van der Waals surface area contributed by atoms with Crippen molar-refractivity contribution in [2.75, 3.05) is 25.0 Å². The zero-order chi connectivity index (χ0) is 18.4. The van der Waals surface area contributed by atoms with Crippen LogP contribution in [0.15, 0.2) is 52.1 Å². The minimum Gasteiger partial charge on any atom is -0.468 e. The standard InChI is InChI=1S/C21H30N4O/c1-3-16(2)17-8-10-18(11-9-17)24-21(22)23-15-19(20-7-6-14-26-20)25-12-4-5-13-25/h6-11,14,16,19H,3-5,12-13,15H2,1-2H3,(H3,22,23,24). The first-order valence-corrected chi connectivity index (χ1v) is 9.61. The van der Waals surface area contributed by atoms with Gasteiger partial charge in [0.05, 0.1) is 18.8 Å². The molecule has 140 valence electrons. The highest BCUT2D eigenvalue weighted by Crippen LogP contribution is 2.26. The lowest BCUT2D eigenvalue weighted by Crippen LogP contribution is -2.30. The first-order chi connectivity index (χ1) is 12.7. The maximum atomic E-state index is 6.12. The van der Waals surface area contributed by atoms with Gasteiger partial charge in [0.25, 0.3) is 0 Å². The highest BCUT2D eigenvalue weighted by Gasteiger charge is 2.25. The topological polar surface area (TPSA) is 66.8 Å². The van der Waals surface area contributed by atoms with Crippen LogP contribution in [0.2, 0.25) is 0 Å². The first-order valence-electron chi connectivity index (χ1n) is 9.61. The summed E-state index contributed by atoms with van der Waals surface area (Å²) in [5.74, 6) is 1.97. The second-order valence-electron chi connectivity index (χ2n) is 7.06. The number of hydrogen-bond donors (Lipinski definition) is 2. The summed E-state index contributed by atoms with van der Waals surface area (Å²) < 4.78 is 5.63. The summed E-state index contributed by atoms with van der Waals surface area (Å²) in [6.45, 7) is 7.22. The molecule has 0 amide bonds. The molecule has 0 aliphatic carbocycles. The Morgan fingerprint density at radius 1 is 1.23 bits per heavy atom. The SMILES string of the molecule is CCC(C)c1ccc(NC(N)=NCC(c2ccco2)N2CCCC2)cc1. The molecule has 2 atom stereocenters. The minimum absolute atomic E-state index is 0.153. The van der Waals surface area contributed by atoms with E-state index in [1.807, 2.05) is 12.1 Å². The Morgan fingerprint density at radius 2 is 1.96 bits per heavy atom. The zero-order valence-electron chi connectivity index (χ0n) is 15.8. The number of hydrogen-bond acceptors (Lipinski definition) is 3. The normalized spacial score (nSPS) is 18.0. The van der Waals surface area contributed by atoms with Crippen LogP contribution in [0, 0.1) is 0 Å². The Balaban J connectivity index is 1.62. The van der Waals surface area contributed by atoms with E-state index in [1.165, 1.54) is 18.4 Å². The van der Waals surface area contributed by atoms with Crippen molar-refractivity contribution in [3.8, 4) is 0 Å². The van der Waals surface area contributed by atoms with E-state index < -0.39 is 0 Å². The first kappa shape index (κ1) is 18.5. The third kappa shape index (κ3) is 4.67. The summed E-state index contributed by atoms with van der Waals surface area (Å²) in [5, 5.41) is 3.20. The van der Waals surface area contributed by atoms with E-state index in [2.05, 4.69) is 53.3 Å². The summed E-state index contributed by atoms with van der Waals surface area (Å²) in [7, 11) is 0. The van der Waals surface area contributed by atoms with Gasteiger partial charge >= 0.3 is 0 Å². The highest BCUT2D eigenvalue weighted by molar-refractivity contribution is 5.92. The maximum Gasteiger partial charge on any atom is 0.193 e. The summed E-state index contributed by atoms with van der Waals surface area (Å²) in [5.41, 5.74) is 8.43. The van der Waals surface area contributed by atoms with E-state index in [1.54, 1.807) is 6.26 Å². The number of likely N-dealkylation sites (tertiary alicyclic amines) is 1. The van der Waals surface area contributed by atoms with Gasteiger partial charge in [0.15, 0.2) is 5.96 Å². The molecule has 3 rings (SSSR count). The number of benzene rings is 1. The molecule has 1 aromatic carbocycles. The molecule has 0 bridgehead atoms. The van der Waals surface area contributed by atoms with Gasteiger partial charge in [-0.05, 0) is 68.1 Å². The molecule has 0 radical (unpaired) electrons. The molecule has 1 aliphatic rings. The highest BCUT2D eigenvalue weighted by atomic mass is 16.3. The number of furan rings is 1. The lowest BCUT2D eigenvalue weighted by molar-refractivity contribution is 0.221. The van der Waals surface area contributed by atoms with E-state index in [0.29, 0.717) is 18.4 Å². The summed E-state index contributed by atoms with van der Waals surface area (Å²) in [6, 6.07) is 12.5. The van der Waals surface area contributed by atoms with Crippen molar-refractivity contribution in [3.05, 3.63) is 54.0 Å². The van der Waals surface area contributed by atoms with Gasteiger partial charge < -0.3 is 15.5 Å². The van der Waals surface area contributed by atoms with Crippen LogP contribution in [0.25, 0.3) is 0 Å². The smallest absolute Gasteiger partial charge is 0.193 e. The monoisotopic (exact) mass is 354 g/mol. The van der Waals surface area contributed by atoms with Crippen LogP contribution in [-0.4, -0.2) is 30.5 Å². The fraction of sp³-hybridized carbons (Fsp3) is 0.476. The van der Waals surface area contributed by atoms with Gasteiger partial charge in [0, 0.05) is 5.69 Å². The average Bonchev–Trinajstić information content (AvgIpc) is 3.36. The van der Waals surface area contributed by atoms with E-state index in [9.17, 15) is 0 Å². The van der Waals surface area contributed by atoms with Gasteiger partial charge in [0.2, 0.25) is 0 Å². The maximum absolute atomic E-state index is 6.12. The van der Waals surface area contributed by atoms with E-state index in [4.69, 9.17) is 10.2 Å². The Hall–Kier alpha value is -2.27. The van der Waals surface area contributed by atoms with Gasteiger partial charge in [-0.15, -0.1) is 0 Å². The van der Waals surface area contributed by atoms with Crippen molar-refractivity contribution >= 4 is 11.6 Å². The molecule has 1 fully saturated rings. The van der Waals surface area contributed by atoms with Crippen molar-refractivity contribution in [1.29, 1.82) is 0 Å². The lowest BCUT2D eigenvalue weighted by atomic mass is 9.99. The Bertz CT molecular complexity index is 687. The fourth-order valence-corrected chi connectivity index (χ4v) is 3.42. The van der Waals surface area contributed by atoms with Crippen molar-refractivity contribution in [2.45, 2.75) is 45.1 Å². The van der Waals surface area contributed by atoms with Crippen LogP contribution < -0.4 is 11.1 Å². The Labute approximate surface area is 156 Å². The Kier molecular flexibility index (Phi) is 6.34. The molecule has 0 spiro atoms. The molecular formula is C21H30N4O. The van der Waals surface area contributed by atoms with E-state index in [0.717, 1.165) is 31.0 Å². The largest absolute Gasteiger partial charge is 0.468 e. The number of aliphatic imine (C=N–C) groups is 1. The number of nitrogens with one attached hydrogen (secondary N) is 1. The van der Waals surface area contributed by atoms with Gasteiger partial charge in [-0.25, -0.2) is 0 Å². The van der Waals surface area contributed by atoms with Crippen molar-refractivity contribution in [2.24, 2.45) is 10.7 Å². The van der Waals surface area contributed by atoms with Gasteiger partial charge in [-0.1, -0.05) is 26.0 Å². The summed E-state index contributed by atoms with van der Waals surface area (Å²) in [4.78, 5) is 7.00. The van der Waals surface area contributed by atoms with Gasteiger partial charge in [-0.2, -0.15) is 0 Å². The van der Waals surface area contributed by atoms with E-state index in [-0.39, 0.29) is 6.04 Å². The van der Waals surface area contributed by atoms with Crippen LogP contribution in [0.1, 0.15) is 56.4 Å². The van der Waals surface area contributed by atoms with Crippen LogP contribution in [0.5, 0.6) is 0 Å². The molecule has 3 N–H and O–H groups in total. The van der Waals surface area contributed by atoms with Crippen molar-refractivity contribution < 1.29 is 4.42 Å². The molecule has 1 aliphatic heterocycles. The number of anilines is 1. The molecule has 5 nitrogen and oxygen atoms in total. The van der Waals surface area contributed by atoms with Crippen LogP contribution in [0.4, 0.5) is 5.69 Å². The lowest BCUT2D eigenvalue weighted by Gasteiger charge is -2.24. The number of nitrogens with zero attached hydrogens (tertiary/aromatic N) is 2. The van der Waals surface area contributed by atoms with Gasteiger partial charge in [0.1, 0.15) is 5.76 Å². The second kappa shape index (κ2) is 8.90. The van der Waals surface area contributed by atoms with Crippen molar-refractivity contribution in [1.82, 2.24) is 4.90 Å². The molecule has 26 heavy (non-hydrogen) atoms. The van der Waals surface area contributed by atoms with Gasteiger partial charge in [-0.3, -0.25) is 9.89 Å². The molecule has 2 heterocycles. The molecule has 5 heteroatoms. The Morgan fingerprint density at radius 3 is 2.58 bits per heavy atom. The zero-order valence-corrected chi connectivity index (χ0v) is 15.8. The fourth-order valence-electron chi connectivity index (χ4n) is 3.42. The molecule has 2 aromatic rings. The second-order valence-corrected chi connectivity index (χ2v) is 7.06. The molecule has 0 saturated carbocycles. The minimum atomic E-state index is 0.153. The molecule has 1 aromatic heterocycles. The number of nitrogens with two attached hydrogens (primary N) is 1.